The fourth-order valence-corrected chi connectivity index (χ4v) is 4.71. The molecule has 4 aromatic rings. The summed E-state index contributed by atoms with van der Waals surface area (Å²) in [7, 11) is 0. The molecule has 1 aliphatic rings. The highest BCUT2D eigenvalue weighted by molar-refractivity contribution is 7.80. The van der Waals surface area contributed by atoms with E-state index in [9.17, 15) is 0 Å². The van der Waals surface area contributed by atoms with Gasteiger partial charge in [-0.05, 0) is 67.2 Å². The van der Waals surface area contributed by atoms with Crippen molar-refractivity contribution in [1.29, 1.82) is 0 Å². The van der Waals surface area contributed by atoms with E-state index in [2.05, 4.69) is 66.6 Å². The van der Waals surface area contributed by atoms with Gasteiger partial charge in [-0.2, -0.15) is 0 Å². The van der Waals surface area contributed by atoms with Crippen molar-refractivity contribution in [2.75, 3.05) is 18.4 Å². The summed E-state index contributed by atoms with van der Waals surface area (Å²) in [5, 5.41) is 7.80. The molecule has 2 atom stereocenters. The number of hydrogen-bond acceptors (Lipinski definition) is 4. The van der Waals surface area contributed by atoms with Crippen molar-refractivity contribution in [2.24, 2.45) is 0 Å². The van der Waals surface area contributed by atoms with Gasteiger partial charge in [0.15, 0.2) is 5.11 Å². The Hall–Kier alpha value is -3.71. The molecular formula is C26H26N6S. The monoisotopic (exact) mass is 454 g/mol. The van der Waals surface area contributed by atoms with E-state index in [1.807, 2.05) is 61.1 Å². The van der Waals surface area contributed by atoms with Crippen LogP contribution in [0.4, 0.5) is 5.69 Å². The zero-order valence-electron chi connectivity index (χ0n) is 18.2. The molecule has 33 heavy (non-hydrogen) atoms. The number of para-hydroxylation sites is 1. The largest absolute Gasteiger partial charge is 0.385 e. The van der Waals surface area contributed by atoms with Crippen LogP contribution in [0.1, 0.15) is 29.9 Å². The Balaban J connectivity index is 1.41. The summed E-state index contributed by atoms with van der Waals surface area (Å²) in [5.74, 6) is 0. The van der Waals surface area contributed by atoms with Crippen LogP contribution >= 0.6 is 12.2 Å². The first kappa shape index (κ1) is 21.2. The molecule has 0 bridgehead atoms. The van der Waals surface area contributed by atoms with Crippen molar-refractivity contribution in [3.63, 3.8) is 0 Å². The summed E-state index contributed by atoms with van der Waals surface area (Å²) in [6, 6.07) is 24.6. The highest BCUT2D eigenvalue weighted by atomic mass is 32.1. The Morgan fingerprint density at radius 3 is 2.52 bits per heavy atom. The molecule has 0 spiro atoms. The van der Waals surface area contributed by atoms with Crippen LogP contribution in [-0.2, 0) is 0 Å². The lowest BCUT2D eigenvalue weighted by Gasteiger charge is -2.29. The normalized spacial score (nSPS) is 17.7. The Labute approximate surface area is 199 Å². The maximum absolute atomic E-state index is 5.82. The van der Waals surface area contributed by atoms with Gasteiger partial charge >= 0.3 is 0 Å². The maximum atomic E-state index is 5.82. The second-order valence-electron chi connectivity index (χ2n) is 7.97. The Morgan fingerprint density at radius 2 is 1.73 bits per heavy atom. The fraction of sp³-hybridized carbons (Fsp3) is 0.192. The van der Waals surface area contributed by atoms with E-state index in [-0.39, 0.29) is 12.1 Å². The topological polar surface area (TPSA) is 58.0 Å². The van der Waals surface area contributed by atoms with E-state index in [4.69, 9.17) is 12.2 Å². The van der Waals surface area contributed by atoms with Crippen LogP contribution < -0.4 is 10.6 Å². The summed E-state index contributed by atoms with van der Waals surface area (Å²) in [4.78, 5) is 11.1. The third-order valence-electron chi connectivity index (χ3n) is 5.90. The van der Waals surface area contributed by atoms with E-state index in [1.54, 1.807) is 0 Å². The minimum atomic E-state index is -0.0312. The van der Waals surface area contributed by atoms with Gasteiger partial charge in [0.1, 0.15) is 0 Å². The number of rotatable bonds is 8. The standard InChI is InChI=1S/C26H26N6S/c33-26-30-24(22-10-4-5-14-29-22)25(23-11-6-18-31(23)21-12-16-27-17-13-21)32(26)19-7-15-28-20-8-2-1-3-9-20/h1-6,8-14,16-18,24-25,28H,7,15,19H2,(H,30,33)/t24-,25+/m1/s1. The fourth-order valence-electron chi connectivity index (χ4n) is 4.38. The second-order valence-corrected chi connectivity index (χ2v) is 8.36. The van der Waals surface area contributed by atoms with Crippen molar-refractivity contribution in [1.82, 2.24) is 24.8 Å². The van der Waals surface area contributed by atoms with Crippen LogP contribution in [0.15, 0.2) is 97.6 Å². The average molecular weight is 455 g/mol. The lowest BCUT2D eigenvalue weighted by Crippen LogP contribution is -2.32. The van der Waals surface area contributed by atoms with Crippen molar-refractivity contribution >= 4 is 23.0 Å². The molecule has 2 N–H and O–H groups in total. The highest BCUT2D eigenvalue weighted by Gasteiger charge is 2.40. The van der Waals surface area contributed by atoms with Gasteiger partial charge in [0.05, 0.1) is 17.8 Å². The zero-order valence-corrected chi connectivity index (χ0v) is 19.0. The number of nitrogens with zero attached hydrogens (tertiary/aromatic N) is 4. The number of hydrogen-bond donors (Lipinski definition) is 2. The predicted molar refractivity (Wildman–Crippen MR) is 135 cm³/mol. The third-order valence-corrected chi connectivity index (χ3v) is 6.25. The molecule has 1 saturated heterocycles. The number of anilines is 1. The lowest BCUT2D eigenvalue weighted by molar-refractivity contribution is 0.307. The van der Waals surface area contributed by atoms with Gasteiger partial charge in [0, 0.05) is 54.9 Å². The van der Waals surface area contributed by atoms with E-state index < -0.39 is 0 Å². The Kier molecular flexibility index (Phi) is 6.30. The van der Waals surface area contributed by atoms with Crippen LogP contribution in [0.3, 0.4) is 0 Å². The van der Waals surface area contributed by atoms with Gasteiger partial charge in [0.25, 0.3) is 0 Å². The Morgan fingerprint density at radius 1 is 0.909 bits per heavy atom. The van der Waals surface area contributed by atoms with Crippen molar-refractivity contribution < 1.29 is 0 Å². The zero-order chi connectivity index (χ0) is 22.5. The first-order valence-electron chi connectivity index (χ1n) is 11.2. The number of aromatic nitrogens is 3. The molecule has 0 unspecified atom stereocenters. The summed E-state index contributed by atoms with van der Waals surface area (Å²) < 4.78 is 2.22. The van der Waals surface area contributed by atoms with E-state index in [0.717, 1.165) is 41.7 Å². The molecule has 1 aliphatic heterocycles. The molecule has 1 aromatic carbocycles. The minimum Gasteiger partial charge on any atom is -0.385 e. The molecule has 1 fully saturated rings. The van der Waals surface area contributed by atoms with E-state index in [1.165, 1.54) is 5.69 Å². The van der Waals surface area contributed by atoms with Gasteiger partial charge in [0.2, 0.25) is 0 Å². The van der Waals surface area contributed by atoms with Gasteiger partial charge in [-0.15, -0.1) is 0 Å². The average Bonchev–Trinajstić information content (AvgIpc) is 3.48. The molecule has 0 amide bonds. The lowest BCUT2D eigenvalue weighted by atomic mass is 10.0. The maximum Gasteiger partial charge on any atom is 0.170 e. The Bertz CT molecular complexity index is 1180. The van der Waals surface area contributed by atoms with Crippen molar-refractivity contribution in [3.05, 3.63) is 109 Å². The van der Waals surface area contributed by atoms with Gasteiger partial charge < -0.3 is 20.1 Å². The molecule has 0 aliphatic carbocycles. The first-order valence-corrected chi connectivity index (χ1v) is 11.6. The molecular weight excluding hydrogens is 428 g/mol. The summed E-state index contributed by atoms with van der Waals surface area (Å²) in [5.41, 5.74) is 4.36. The quantitative estimate of drug-likeness (QED) is 0.296. The molecule has 4 heterocycles. The van der Waals surface area contributed by atoms with Crippen LogP contribution in [0.2, 0.25) is 0 Å². The first-order chi connectivity index (χ1) is 16.3. The molecule has 166 valence electrons. The molecule has 6 nitrogen and oxygen atoms in total. The van der Waals surface area contributed by atoms with Crippen LogP contribution in [0, 0.1) is 0 Å². The number of thiocarbonyl (C=S) groups is 1. The van der Waals surface area contributed by atoms with E-state index in [0.29, 0.717) is 0 Å². The second kappa shape index (κ2) is 9.83. The summed E-state index contributed by atoms with van der Waals surface area (Å²) in [6.45, 7) is 1.71. The number of benzene rings is 1. The number of pyridine rings is 2. The molecule has 0 saturated carbocycles. The van der Waals surface area contributed by atoms with Gasteiger partial charge in [-0.1, -0.05) is 24.3 Å². The molecule has 5 rings (SSSR count). The highest BCUT2D eigenvalue weighted by Crippen LogP contribution is 2.39. The van der Waals surface area contributed by atoms with Crippen molar-refractivity contribution in [2.45, 2.75) is 18.5 Å². The predicted octanol–water partition coefficient (Wildman–Crippen LogP) is 4.74. The molecule has 7 heteroatoms. The number of nitrogens with one attached hydrogen (secondary N) is 2. The molecule has 3 aromatic heterocycles. The minimum absolute atomic E-state index is 0.0206. The third kappa shape index (κ3) is 4.59. The van der Waals surface area contributed by atoms with Crippen LogP contribution in [0.25, 0.3) is 5.69 Å². The van der Waals surface area contributed by atoms with Crippen LogP contribution in [-0.4, -0.2) is 37.6 Å². The van der Waals surface area contributed by atoms with Gasteiger partial charge in [-0.3, -0.25) is 9.97 Å². The summed E-state index contributed by atoms with van der Waals surface area (Å²) >= 11 is 5.82. The SMILES string of the molecule is S=C1N[C@H](c2ccccn2)[C@H](c2cccn2-c2ccncc2)N1CCCNc1ccccc1. The van der Waals surface area contributed by atoms with Crippen molar-refractivity contribution in [3.8, 4) is 5.69 Å². The van der Waals surface area contributed by atoms with Gasteiger partial charge in [-0.25, -0.2) is 0 Å². The summed E-state index contributed by atoms with van der Waals surface area (Å²) in [6.07, 6.45) is 8.53. The molecule has 0 radical (unpaired) electrons. The smallest absolute Gasteiger partial charge is 0.170 e. The van der Waals surface area contributed by atoms with E-state index >= 15 is 0 Å². The van der Waals surface area contributed by atoms with Crippen LogP contribution in [0.5, 0.6) is 0 Å².